The summed E-state index contributed by atoms with van der Waals surface area (Å²) in [5.41, 5.74) is 1.37. The third-order valence-corrected chi connectivity index (χ3v) is 3.76. The molecule has 1 aliphatic rings. The Kier molecular flexibility index (Phi) is 4.02. The number of likely N-dealkylation sites (N-methyl/N-ethyl adjacent to an activating group) is 2. The van der Waals surface area contributed by atoms with E-state index in [-0.39, 0.29) is 0 Å². The molecule has 5 heteroatoms. The number of nitrogens with zero attached hydrogens (tertiary/aromatic N) is 3. The molecule has 2 rings (SSSR count). The average Bonchev–Trinajstić information content (AvgIpc) is 2.91. The van der Waals surface area contributed by atoms with Gasteiger partial charge in [-0.3, -0.25) is 4.99 Å². The third-order valence-electron chi connectivity index (χ3n) is 3.06. The summed E-state index contributed by atoms with van der Waals surface area (Å²) in [4.78, 5) is 8.85. The van der Waals surface area contributed by atoms with Crippen molar-refractivity contribution in [2.45, 2.75) is 6.04 Å². The van der Waals surface area contributed by atoms with Crippen LogP contribution in [0.4, 0.5) is 0 Å². The van der Waals surface area contributed by atoms with Crippen LogP contribution in [0.3, 0.4) is 0 Å². The zero-order chi connectivity index (χ0) is 12.3. The Morgan fingerprint density at radius 3 is 2.94 bits per heavy atom. The van der Waals surface area contributed by atoms with E-state index in [1.807, 2.05) is 0 Å². The molecule has 2 heterocycles. The second-order valence-corrected chi connectivity index (χ2v) is 5.32. The summed E-state index contributed by atoms with van der Waals surface area (Å²) in [6.45, 7) is 2.82. The smallest absolute Gasteiger partial charge is 0.193 e. The number of hydrogen-bond donors (Lipinski definition) is 1. The summed E-state index contributed by atoms with van der Waals surface area (Å²) in [7, 11) is 6.31. The Balaban J connectivity index is 1.95. The number of guanidine groups is 1. The van der Waals surface area contributed by atoms with Crippen LogP contribution in [-0.2, 0) is 0 Å². The minimum Gasteiger partial charge on any atom is -0.354 e. The van der Waals surface area contributed by atoms with Crippen molar-refractivity contribution in [3.05, 3.63) is 22.4 Å². The van der Waals surface area contributed by atoms with Gasteiger partial charge >= 0.3 is 0 Å². The molecule has 0 fully saturated rings. The highest BCUT2D eigenvalue weighted by molar-refractivity contribution is 7.07. The fourth-order valence-corrected chi connectivity index (χ4v) is 2.68. The molecule has 94 valence electrons. The first-order valence-electron chi connectivity index (χ1n) is 5.86. The molecule has 0 spiro atoms. The van der Waals surface area contributed by atoms with Gasteiger partial charge in [0.1, 0.15) is 0 Å². The van der Waals surface area contributed by atoms with Gasteiger partial charge in [-0.05, 0) is 36.5 Å². The van der Waals surface area contributed by atoms with Gasteiger partial charge in [-0.1, -0.05) is 0 Å². The molecular weight excluding hydrogens is 232 g/mol. The molecule has 1 aromatic rings. The fraction of sp³-hybridized carbons (Fsp3) is 0.583. The average molecular weight is 252 g/mol. The predicted octanol–water partition coefficient (Wildman–Crippen LogP) is 1.24. The van der Waals surface area contributed by atoms with Gasteiger partial charge in [0.25, 0.3) is 0 Å². The van der Waals surface area contributed by atoms with E-state index in [0.29, 0.717) is 6.04 Å². The van der Waals surface area contributed by atoms with Crippen LogP contribution < -0.4 is 5.32 Å². The molecule has 4 nitrogen and oxygen atoms in total. The maximum Gasteiger partial charge on any atom is 0.193 e. The molecular formula is C12H20N4S. The zero-order valence-corrected chi connectivity index (χ0v) is 11.5. The lowest BCUT2D eigenvalue weighted by Gasteiger charge is -2.25. The Hall–Kier alpha value is -1.07. The van der Waals surface area contributed by atoms with Gasteiger partial charge in [0, 0.05) is 20.1 Å². The fourth-order valence-electron chi connectivity index (χ4n) is 1.97. The van der Waals surface area contributed by atoms with Crippen molar-refractivity contribution >= 4 is 17.3 Å². The van der Waals surface area contributed by atoms with Crippen LogP contribution in [0.25, 0.3) is 0 Å². The van der Waals surface area contributed by atoms with Gasteiger partial charge in [0.2, 0.25) is 0 Å². The van der Waals surface area contributed by atoms with Gasteiger partial charge in [-0.25, -0.2) is 0 Å². The van der Waals surface area contributed by atoms with Crippen LogP contribution >= 0.6 is 11.3 Å². The summed E-state index contributed by atoms with van der Waals surface area (Å²) in [6, 6.07) is 2.59. The van der Waals surface area contributed by atoms with Crippen LogP contribution in [0.15, 0.2) is 21.8 Å². The van der Waals surface area contributed by atoms with Crippen LogP contribution in [-0.4, -0.2) is 56.5 Å². The largest absolute Gasteiger partial charge is 0.354 e. The van der Waals surface area contributed by atoms with E-state index in [9.17, 15) is 0 Å². The van der Waals surface area contributed by atoms with E-state index in [1.54, 1.807) is 11.3 Å². The third kappa shape index (κ3) is 2.98. The van der Waals surface area contributed by atoms with E-state index >= 15 is 0 Å². The topological polar surface area (TPSA) is 30.9 Å². The van der Waals surface area contributed by atoms with E-state index in [4.69, 9.17) is 0 Å². The predicted molar refractivity (Wildman–Crippen MR) is 73.7 cm³/mol. The van der Waals surface area contributed by atoms with Crippen LogP contribution in [0.2, 0.25) is 0 Å². The lowest BCUT2D eigenvalue weighted by Crippen LogP contribution is -2.40. The van der Waals surface area contributed by atoms with Gasteiger partial charge in [-0.2, -0.15) is 11.3 Å². The van der Waals surface area contributed by atoms with Crippen molar-refractivity contribution in [2.75, 3.05) is 40.8 Å². The zero-order valence-electron chi connectivity index (χ0n) is 10.7. The molecule has 0 saturated carbocycles. The first-order chi connectivity index (χ1) is 8.18. The minimum absolute atomic E-state index is 0.401. The quantitative estimate of drug-likeness (QED) is 0.875. The number of aliphatic imine (C=N–C) groups is 1. The summed E-state index contributed by atoms with van der Waals surface area (Å²) in [6.07, 6.45) is 0. The summed E-state index contributed by atoms with van der Waals surface area (Å²) < 4.78 is 0. The van der Waals surface area contributed by atoms with Gasteiger partial charge in [0.05, 0.1) is 12.6 Å². The lowest BCUT2D eigenvalue weighted by atomic mass is 10.1. The number of thiophene rings is 1. The second kappa shape index (κ2) is 5.51. The second-order valence-electron chi connectivity index (χ2n) is 4.54. The van der Waals surface area contributed by atoms with E-state index in [1.165, 1.54) is 5.56 Å². The molecule has 0 radical (unpaired) electrons. The number of nitrogens with one attached hydrogen (secondary N) is 1. The molecule has 0 bridgehead atoms. The van der Waals surface area contributed by atoms with Crippen molar-refractivity contribution in [1.82, 2.24) is 15.1 Å². The molecule has 0 aliphatic carbocycles. The minimum atomic E-state index is 0.401. The highest BCUT2D eigenvalue weighted by Gasteiger charge is 2.17. The molecule has 0 aromatic carbocycles. The first kappa shape index (κ1) is 12.4. The van der Waals surface area contributed by atoms with E-state index in [0.717, 1.165) is 25.6 Å². The molecule has 1 N–H and O–H groups in total. The summed E-state index contributed by atoms with van der Waals surface area (Å²) in [5, 5.41) is 7.78. The van der Waals surface area contributed by atoms with Crippen LogP contribution in [0.5, 0.6) is 0 Å². The van der Waals surface area contributed by atoms with Crippen molar-refractivity contribution in [1.29, 1.82) is 0 Å². The number of hydrogen-bond acceptors (Lipinski definition) is 5. The monoisotopic (exact) mass is 252 g/mol. The van der Waals surface area contributed by atoms with Crippen molar-refractivity contribution < 1.29 is 0 Å². The summed E-state index contributed by atoms with van der Waals surface area (Å²) in [5.74, 6) is 1.02. The van der Waals surface area contributed by atoms with Crippen molar-refractivity contribution in [2.24, 2.45) is 4.99 Å². The Bertz CT molecular complexity index is 372. The molecule has 0 amide bonds. The number of rotatable bonds is 4. The molecule has 1 atom stereocenters. The Morgan fingerprint density at radius 2 is 2.41 bits per heavy atom. The first-order valence-corrected chi connectivity index (χ1v) is 6.80. The molecule has 1 aliphatic heterocycles. The van der Waals surface area contributed by atoms with Gasteiger partial charge in [-0.15, -0.1) is 0 Å². The van der Waals surface area contributed by atoms with E-state index in [2.05, 4.69) is 58.1 Å². The van der Waals surface area contributed by atoms with Crippen molar-refractivity contribution in [3.63, 3.8) is 0 Å². The molecule has 1 aromatic heterocycles. The highest BCUT2D eigenvalue weighted by atomic mass is 32.1. The molecule has 1 unspecified atom stereocenters. The van der Waals surface area contributed by atoms with Gasteiger partial charge in [0.15, 0.2) is 5.96 Å². The molecule has 17 heavy (non-hydrogen) atoms. The normalized spacial score (nSPS) is 17.4. The van der Waals surface area contributed by atoms with Crippen LogP contribution in [0.1, 0.15) is 11.6 Å². The molecule has 0 saturated heterocycles. The maximum absolute atomic E-state index is 4.44. The standard InChI is InChI=1S/C12H20N4S/c1-15(2)11(10-4-7-17-9-10)8-14-12-13-5-6-16(12)3/h4,7,9,11H,5-6,8H2,1-3H3,(H,13,14). The summed E-state index contributed by atoms with van der Waals surface area (Å²) >= 11 is 1.75. The van der Waals surface area contributed by atoms with Gasteiger partial charge < -0.3 is 15.1 Å². The Morgan fingerprint density at radius 1 is 1.59 bits per heavy atom. The maximum atomic E-state index is 4.44. The lowest BCUT2D eigenvalue weighted by molar-refractivity contribution is 0.297. The van der Waals surface area contributed by atoms with E-state index < -0.39 is 0 Å². The highest BCUT2D eigenvalue weighted by Crippen LogP contribution is 2.20. The van der Waals surface area contributed by atoms with Crippen molar-refractivity contribution in [3.8, 4) is 0 Å². The Labute approximate surface area is 107 Å². The van der Waals surface area contributed by atoms with Crippen LogP contribution in [0, 0.1) is 0 Å². The SMILES string of the molecule is CN1CCN=C1NCC(c1ccsc1)N(C)C.